The molecule has 1 aliphatic carbocycles. The quantitative estimate of drug-likeness (QED) is 0.0610. The lowest BCUT2D eigenvalue weighted by Gasteiger charge is -2.42. The molecule has 10 nitrogen and oxygen atoms in total. The van der Waals surface area contributed by atoms with E-state index in [4.69, 9.17) is 9.47 Å². The molecule has 1 saturated heterocycles. The number of rotatable bonds is 19. The summed E-state index contributed by atoms with van der Waals surface area (Å²) in [5.74, 6) is 0.986. The zero-order valence-electron chi connectivity index (χ0n) is 33.8. The van der Waals surface area contributed by atoms with Crippen LogP contribution in [0.2, 0.25) is 0 Å². The van der Waals surface area contributed by atoms with Crippen LogP contribution >= 0.6 is 0 Å². The van der Waals surface area contributed by atoms with E-state index >= 15 is 0 Å². The van der Waals surface area contributed by atoms with E-state index in [1.54, 1.807) is 13.1 Å². The van der Waals surface area contributed by atoms with Crippen LogP contribution in [0.4, 0.5) is 14.5 Å². The minimum Gasteiger partial charge on any atom is -0.508 e. The molecule has 0 amide bonds. The number of likely N-dealkylation sites (tertiary alicyclic amines) is 1. The third-order valence-electron chi connectivity index (χ3n) is 10.9. The summed E-state index contributed by atoms with van der Waals surface area (Å²) in [6, 6.07) is 20.4. The average Bonchev–Trinajstić information content (AvgIpc) is 3.23. The van der Waals surface area contributed by atoms with Crippen molar-refractivity contribution in [1.29, 1.82) is 0 Å². The second kappa shape index (κ2) is 25.2. The molecule has 0 bridgehead atoms. The van der Waals surface area contributed by atoms with Gasteiger partial charge in [-0.3, -0.25) is 9.18 Å². The first-order valence-corrected chi connectivity index (χ1v) is 19.8. The number of hydrogen-bond acceptors (Lipinski definition) is 10. The third kappa shape index (κ3) is 13.8. The summed E-state index contributed by atoms with van der Waals surface area (Å²) < 4.78 is 33.8. The first-order valence-electron chi connectivity index (χ1n) is 19.8. The van der Waals surface area contributed by atoms with E-state index in [1.807, 2.05) is 24.3 Å². The van der Waals surface area contributed by atoms with Crippen LogP contribution in [0.3, 0.4) is 0 Å². The molecular weight excluding hydrogens is 719 g/mol. The maximum Gasteiger partial charge on any atom is 0.157 e. The number of hydrogen-bond donors (Lipinski definition) is 4. The molecule has 12 heteroatoms. The molecular formula is C44H64F2N4O6. The van der Waals surface area contributed by atoms with Crippen molar-refractivity contribution in [3.05, 3.63) is 82.9 Å². The van der Waals surface area contributed by atoms with Crippen LogP contribution in [0.15, 0.2) is 60.7 Å². The Hall–Kier alpha value is -4.10. The second-order valence-corrected chi connectivity index (χ2v) is 14.5. The highest BCUT2D eigenvalue weighted by atomic mass is 19.1. The first kappa shape index (κ1) is 46.3. The summed E-state index contributed by atoms with van der Waals surface area (Å²) >= 11 is 0. The van der Waals surface area contributed by atoms with E-state index in [-0.39, 0.29) is 17.8 Å². The van der Waals surface area contributed by atoms with Crippen LogP contribution in [-0.2, 0) is 32.6 Å². The van der Waals surface area contributed by atoms with Crippen molar-refractivity contribution in [3.63, 3.8) is 0 Å². The number of likely N-dealkylation sites (N-methyl/N-ethyl adjacent to an activating group) is 1. The fourth-order valence-electron chi connectivity index (χ4n) is 7.61. The van der Waals surface area contributed by atoms with Crippen molar-refractivity contribution >= 4 is 18.3 Å². The number of phenolic OH excluding ortho intramolecular Hbond substituents is 2. The number of benzene rings is 3. The summed E-state index contributed by atoms with van der Waals surface area (Å²) in [4.78, 5) is 25.7. The predicted octanol–water partition coefficient (Wildman–Crippen LogP) is 6.49. The molecule has 1 saturated carbocycles. The van der Waals surface area contributed by atoms with Gasteiger partial charge in [-0.15, -0.1) is 0 Å². The molecule has 3 aromatic carbocycles. The number of phenols is 2. The van der Waals surface area contributed by atoms with Crippen LogP contribution in [0, 0.1) is 0 Å². The van der Waals surface area contributed by atoms with E-state index < -0.39 is 6.17 Å². The van der Waals surface area contributed by atoms with E-state index in [1.165, 1.54) is 5.56 Å². The fraction of sp³-hybridized carbons (Fsp3) is 0.545. The Morgan fingerprint density at radius 1 is 0.911 bits per heavy atom. The Bertz CT molecular complexity index is 1570. The smallest absolute Gasteiger partial charge is 0.157 e. The van der Waals surface area contributed by atoms with Gasteiger partial charge in [-0.25, -0.2) is 4.39 Å². The van der Waals surface area contributed by atoms with Crippen molar-refractivity contribution < 1.29 is 38.1 Å². The lowest BCUT2D eigenvalue weighted by Crippen LogP contribution is -2.41. The Morgan fingerprint density at radius 3 is 2.27 bits per heavy atom. The highest BCUT2D eigenvalue weighted by Gasteiger charge is 2.39. The molecule has 4 N–H and O–H groups in total. The molecule has 1 aliphatic heterocycles. The Kier molecular flexibility index (Phi) is 20.8. The van der Waals surface area contributed by atoms with Crippen LogP contribution in [0.5, 0.6) is 17.2 Å². The summed E-state index contributed by atoms with van der Waals surface area (Å²) in [5, 5.41) is 27.0. The Balaban J connectivity index is 0.000000288. The standard InChI is InChI=1S/C23H29NO3.C20H32FN3O3.CH3F/c1-24-13-11-23(12-14-24,20-6-3-2-4-7-20)21-18-19(8-9-22(21)26)10-17-27-16-5-15-25;1-22-19-18(26)8-3-15(20(19)27-14-13-25)9-10-23-11-12-24(2)17-6-4-16(21)5-7-17;1-2/h2-4,6-9,15,18,26H,5,10-14,16-17H2,1H3;3,8,13,16-17,22-23,26H,4-7,9-12,14H2,1-2H3;1H3. The number of nitrogens with zero attached hydrogens (tertiary/aromatic N) is 2. The number of carbonyl (C=O) groups excluding carboxylic acids is 2. The molecule has 1 heterocycles. The number of anilines is 1. The molecule has 0 aromatic heterocycles. The summed E-state index contributed by atoms with van der Waals surface area (Å²) in [5.41, 5.74) is 4.72. The van der Waals surface area contributed by atoms with Gasteiger partial charge in [-0.1, -0.05) is 48.5 Å². The van der Waals surface area contributed by atoms with Crippen molar-refractivity contribution in [3.8, 4) is 17.2 Å². The van der Waals surface area contributed by atoms with Crippen molar-refractivity contribution in [2.75, 3.05) is 86.2 Å². The topological polar surface area (TPSA) is 124 Å². The maximum absolute atomic E-state index is 13.2. The van der Waals surface area contributed by atoms with E-state index in [0.29, 0.717) is 69.2 Å². The lowest BCUT2D eigenvalue weighted by molar-refractivity contribution is -0.110. The van der Waals surface area contributed by atoms with Gasteiger partial charge in [-0.05, 0) is 114 Å². The Labute approximate surface area is 332 Å². The van der Waals surface area contributed by atoms with Gasteiger partial charge in [0.05, 0.1) is 20.4 Å². The van der Waals surface area contributed by atoms with Crippen molar-refractivity contribution in [2.45, 2.75) is 75.4 Å². The normalized spacial score (nSPS) is 17.8. The molecule has 56 heavy (non-hydrogen) atoms. The van der Waals surface area contributed by atoms with Gasteiger partial charge < -0.3 is 44.9 Å². The number of nitrogens with one attached hydrogen (secondary N) is 2. The lowest BCUT2D eigenvalue weighted by atomic mass is 9.67. The predicted molar refractivity (Wildman–Crippen MR) is 220 cm³/mol. The third-order valence-corrected chi connectivity index (χ3v) is 10.9. The average molecular weight is 783 g/mol. The first-order chi connectivity index (χ1) is 27.2. The molecule has 0 unspecified atom stereocenters. The SMILES string of the molecule is CF.CN1CCC(c2ccccc2)(c2cc(CCOCCC=O)ccc2O)CC1.CNc1c(O)ccc(CCNCCN(C)C2CCC(F)CC2)c1OCC=O. The van der Waals surface area contributed by atoms with Crippen molar-refractivity contribution in [1.82, 2.24) is 15.1 Å². The molecule has 310 valence electrons. The number of halogens is 2. The summed E-state index contributed by atoms with van der Waals surface area (Å²) in [7, 11) is 6.47. The summed E-state index contributed by atoms with van der Waals surface area (Å²) in [6.07, 6.45) is 8.10. The monoisotopic (exact) mass is 782 g/mol. The number of alkyl halides is 2. The molecule has 0 atom stereocenters. The van der Waals surface area contributed by atoms with Gasteiger partial charge >= 0.3 is 0 Å². The molecule has 0 spiro atoms. The number of aromatic hydroxyl groups is 2. The minimum absolute atomic E-state index is 0.0511. The molecule has 0 radical (unpaired) electrons. The maximum atomic E-state index is 13.2. The van der Waals surface area contributed by atoms with E-state index in [9.17, 15) is 28.6 Å². The van der Waals surface area contributed by atoms with Crippen LogP contribution in [0.25, 0.3) is 0 Å². The largest absolute Gasteiger partial charge is 0.508 e. The van der Waals surface area contributed by atoms with Gasteiger partial charge in [0.2, 0.25) is 0 Å². The highest BCUT2D eigenvalue weighted by molar-refractivity contribution is 5.69. The Morgan fingerprint density at radius 2 is 1.61 bits per heavy atom. The van der Waals surface area contributed by atoms with Gasteiger partial charge in [0, 0.05) is 43.6 Å². The number of aldehydes is 2. The number of carbonyl (C=O) groups is 2. The van der Waals surface area contributed by atoms with Gasteiger partial charge in [0.15, 0.2) is 6.29 Å². The highest BCUT2D eigenvalue weighted by Crippen LogP contribution is 2.45. The molecule has 2 fully saturated rings. The number of ether oxygens (including phenoxy) is 2. The summed E-state index contributed by atoms with van der Waals surface area (Å²) in [6.45, 7) is 5.55. The molecule has 2 aliphatic rings. The van der Waals surface area contributed by atoms with Crippen molar-refractivity contribution in [2.24, 2.45) is 0 Å². The fourth-order valence-corrected chi connectivity index (χ4v) is 7.61. The van der Waals surface area contributed by atoms with Gasteiger partial charge in [0.1, 0.15) is 42.0 Å². The zero-order valence-corrected chi connectivity index (χ0v) is 33.8. The van der Waals surface area contributed by atoms with E-state index in [0.717, 1.165) is 94.2 Å². The molecule has 5 rings (SSSR count). The minimum atomic E-state index is -0.615. The number of piperidine rings is 1. The van der Waals surface area contributed by atoms with Crippen LogP contribution in [-0.4, -0.2) is 126 Å². The van der Waals surface area contributed by atoms with Crippen LogP contribution in [0.1, 0.15) is 67.2 Å². The van der Waals surface area contributed by atoms with E-state index in [2.05, 4.69) is 64.9 Å². The van der Waals surface area contributed by atoms with Gasteiger partial charge in [0.25, 0.3) is 0 Å². The van der Waals surface area contributed by atoms with Gasteiger partial charge in [-0.2, -0.15) is 0 Å². The van der Waals surface area contributed by atoms with Crippen LogP contribution < -0.4 is 15.4 Å². The zero-order chi connectivity index (χ0) is 40.8. The second-order valence-electron chi connectivity index (χ2n) is 14.5. The molecule has 3 aromatic rings.